The van der Waals surface area contributed by atoms with E-state index >= 15 is 0 Å². The summed E-state index contributed by atoms with van der Waals surface area (Å²) >= 11 is 1.29. The van der Waals surface area contributed by atoms with Crippen LogP contribution in [-0.2, 0) is 45.7 Å². The van der Waals surface area contributed by atoms with Gasteiger partial charge in [-0.2, -0.15) is 5.10 Å². The zero-order chi connectivity index (χ0) is 42.3. The van der Waals surface area contributed by atoms with Gasteiger partial charge in [0.15, 0.2) is 5.82 Å². The molecule has 60 heavy (non-hydrogen) atoms. The molecule has 5 heterocycles. The summed E-state index contributed by atoms with van der Waals surface area (Å²) in [5.41, 5.74) is 2.65. The number of amides is 6. The van der Waals surface area contributed by atoms with Gasteiger partial charge in [0.2, 0.25) is 29.6 Å². The summed E-state index contributed by atoms with van der Waals surface area (Å²) in [5.74, 6) is -1.16. The molecular weight excluding hydrogens is 798 g/mol. The minimum atomic E-state index is -1.14. The third-order valence-electron chi connectivity index (χ3n) is 11.6. The van der Waals surface area contributed by atoms with Crippen LogP contribution in [0.2, 0.25) is 0 Å². The van der Waals surface area contributed by atoms with Crippen molar-refractivity contribution in [3.05, 3.63) is 45.3 Å². The average molecular weight is 850 g/mol. The molecule has 0 radical (unpaired) electrons. The van der Waals surface area contributed by atoms with Gasteiger partial charge in [-0.3, -0.25) is 38.9 Å². The Labute approximate surface area is 350 Å². The second-order valence-electron chi connectivity index (χ2n) is 16.1. The standard InChI is InChI=1S/C40H52FN11O7S/c1-50-31(15-23-5-6-23)28(18-46-50)35-29(41)19-45-39(49-35)47-25-7-9-26(10-8-25)51(40(58)59)22-34(55)43-14-4-2-3-13-42-20-33(54)44-17-27-16-24-21-52(38(57)36(24)60-27)30-11-12-32(53)48-37(30)56/h16,18-19,23,25-26,30,42H,2-15,17,20-22H2,1H3,(H,43,55)(H,44,54)(H,58,59)(H,45,47,49)(H,48,53,56). The molecule has 0 bridgehead atoms. The molecule has 4 aliphatic rings. The number of carbonyl (C=O) groups is 6. The summed E-state index contributed by atoms with van der Waals surface area (Å²) < 4.78 is 16.7. The fourth-order valence-corrected chi connectivity index (χ4v) is 9.19. The van der Waals surface area contributed by atoms with Crippen LogP contribution in [0.15, 0.2) is 18.5 Å². The van der Waals surface area contributed by atoms with Crippen molar-refractivity contribution in [2.75, 3.05) is 31.5 Å². The Morgan fingerprint density at radius 2 is 1.78 bits per heavy atom. The van der Waals surface area contributed by atoms with Crippen molar-refractivity contribution in [2.24, 2.45) is 13.0 Å². The van der Waals surface area contributed by atoms with Crippen molar-refractivity contribution >= 4 is 52.9 Å². The lowest BCUT2D eigenvalue weighted by Gasteiger charge is -2.35. The molecule has 322 valence electrons. The largest absolute Gasteiger partial charge is 0.465 e. The number of fused-ring (bicyclic) bond motifs is 1. The van der Waals surface area contributed by atoms with Crippen molar-refractivity contribution in [3.63, 3.8) is 0 Å². The number of hydrogen-bond acceptors (Lipinski definition) is 12. The van der Waals surface area contributed by atoms with Crippen LogP contribution in [0, 0.1) is 11.7 Å². The summed E-state index contributed by atoms with van der Waals surface area (Å²) in [4.78, 5) is 86.7. The van der Waals surface area contributed by atoms with E-state index in [1.807, 2.05) is 13.1 Å². The van der Waals surface area contributed by atoms with Crippen LogP contribution in [0.1, 0.15) is 96.4 Å². The predicted octanol–water partition coefficient (Wildman–Crippen LogP) is 2.69. The Kier molecular flexibility index (Phi) is 13.7. The van der Waals surface area contributed by atoms with Gasteiger partial charge in [0, 0.05) is 54.8 Å². The molecule has 3 aromatic heterocycles. The number of unbranched alkanes of at least 4 members (excludes halogenated alkanes) is 2. The summed E-state index contributed by atoms with van der Waals surface area (Å²) in [6.07, 6.45) is 9.97. The van der Waals surface area contributed by atoms with E-state index in [1.54, 1.807) is 10.9 Å². The summed E-state index contributed by atoms with van der Waals surface area (Å²) in [6.45, 7) is 1.46. The van der Waals surface area contributed by atoms with Crippen LogP contribution >= 0.6 is 11.3 Å². The molecule has 0 aromatic carbocycles. The first-order valence-corrected chi connectivity index (χ1v) is 21.5. The SMILES string of the molecule is Cn1ncc(-c2nc(NC3CCC(N(CC(=O)NCCCCCNCC(=O)NCc4cc5c(s4)C(=O)N(C4CCC(=O)NC4=O)C5)C(=O)O)CC3)ncc2F)c1CC1CC1. The number of carboxylic acid groups (broad SMARTS) is 1. The first kappa shape index (κ1) is 42.6. The molecule has 1 atom stereocenters. The second-order valence-corrected chi connectivity index (χ2v) is 17.2. The highest BCUT2D eigenvalue weighted by Gasteiger charge is 2.40. The fourth-order valence-electron chi connectivity index (χ4n) is 8.12. The number of hydrogen-bond donors (Lipinski definition) is 6. The number of rotatable bonds is 19. The molecule has 1 unspecified atom stereocenters. The Morgan fingerprint density at radius 3 is 2.52 bits per heavy atom. The molecule has 18 nitrogen and oxygen atoms in total. The monoisotopic (exact) mass is 849 g/mol. The maximum atomic E-state index is 14.9. The molecule has 3 aromatic rings. The van der Waals surface area contributed by atoms with Gasteiger partial charge in [0.1, 0.15) is 18.3 Å². The minimum absolute atomic E-state index is 0.0313. The third-order valence-corrected chi connectivity index (χ3v) is 12.8. The van der Waals surface area contributed by atoms with Gasteiger partial charge >= 0.3 is 6.09 Å². The third kappa shape index (κ3) is 10.6. The first-order chi connectivity index (χ1) is 28.9. The van der Waals surface area contributed by atoms with E-state index in [0.717, 1.165) is 48.2 Å². The second kappa shape index (κ2) is 19.3. The van der Waals surface area contributed by atoms with Crippen LogP contribution < -0.4 is 26.6 Å². The quantitative estimate of drug-likeness (QED) is 0.0756. The summed E-state index contributed by atoms with van der Waals surface area (Å²) in [6, 6.07) is 0.871. The molecule has 1 saturated heterocycles. The first-order valence-electron chi connectivity index (χ1n) is 20.7. The van der Waals surface area contributed by atoms with E-state index in [1.165, 1.54) is 27.3 Å². The molecule has 2 aliphatic heterocycles. The van der Waals surface area contributed by atoms with Gasteiger partial charge in [-0.1, -0.05) is 6.42 Å². The predicted molar refractivity (Wildman–Crippen MR) is 217 cm³/mol. The van der Waals surface area contributed by atoms with E-state index in [-0.39, 0.29) is 67.5 Å². The zero-order valence-corrected chi connectivity index (χ0v) is 34.5. The van der Waals surface area contributed by atoms with Crippen LogP contribution in [0.5, 0.6) is 0 Å². The molecule has 6 amide bonds. The molecule has 20 heteroatoms. The average Bonchev–Trinajstić information content (AvgIpc) is 3.74. The van der Waals surface area contributed by atoms with Gasteiger partial charge < -0.3 is 31.3 Å². The van der Waals surface area contributed by atoms with E-state index in [9.17, 15) is 38.3 Å². The van der Waals surface area contributed by atoms with Crippen LogP contribution in [0.4, 0.5) is 15.1 Å². The Hall–Kier alpha value is -5.50. The molecule has 7 rings (SSSR count). The van der Waals surface area contributed by atoms with Crippen LogP contribution in [-0.4, -0.2) is 115 Å². The molecule has 0 spiro atoms. The fraction of sp³-hybridized carbons (Fsp3) is 0.575. The van der Waals surface area contributed by atoms with Crippen LogP contribution in [0.25, 0.3) is 11.3 Å². The van der Waals surface area contributed by atoms with E-state index in [0.29, 0.717) is 80.5 Å². The van der Waals surface area contributed by atoms with Crippen molar-refractivity contribution in [2.45, 2.75) is 108 Å². The highest BCUT2D eigenvalue weighted by molar-refractivity contribution is 7.14. The summed E-state index contributed by atoms with van der Waals surface area (Å²) in [7, 11) is 1.85. The Bertz CT molecular complexity index is 2100. The van der Waals surface area contributed by atoms with E-state index in [2.05, 4.69) is 41.7 Å². The Balaban J connectivity index is 0.742. The lowest BCUT2D eigenvalue weighted by molar-refractivity contribution is -0.137. The minimum Gasteiger partial charge on any atom is -0.465 e. The number of halogens is 1. The van der Waals surface area contributed by atoms with Crippen molar-refractivity contribution < 1.29 is 38.3 Å². The number of thiophene rings is 1. The smallest absolute Gasteiger partial charge is 0.408 e. The lowest BCUT2D eigenvalue weighted by atomic mass is 9.90. The van der Waals surface area contributed by atoms with Gasteiger partial charge in [-0.15, -0.1) is 11.3 Å². The number of imide groups is 1. The van der Waals surface area contributed by atoms with Gasteiger partial charge in [0.25, 0.3) is 5.91 Å². The highest BCUT2D eigenvalue weighted by Crippen LogP contribution is 2.36. The molecule has 3 fully saturated rings. The number of anilines is 1. The number of aromatic nitrogens is 4. The number of piperidine rings is 1. The number of nitrogens with one attached hydrogen (secondary N) is 5. The van der Waals surface area contributed by atoms with Crippen LogP contribution in [0.3, 0.4) is 0 Å². The normalized spacial score (nSPS) is 20.1. The van der Waals surface area contributed by atoms with Crippen molar-refractivity contribution in [3.8, 4) is 11.3 Å². The highest BCUT2D eigenvalue weighted by atomic mass is 32.1. The lowest BCUT2D eigenvalue weighted by Crippen LogP contribution is -2.52. The Morgan fingerprint density at radius 1 is 1.00 bits per heavy atom. The van der Waals surface area contributed by atoms with Gasteiger partial charge in [-0.25, -0.2) is 19.2 Å². The van der Waals surface area contributed by atoms with Crippen molar-refractivity contribution in [1.82, 2.24) is 50.8 Å². The molecule has 2 aliphatic carbocycles. The van der Waals surface area contributed by atoms with Gasteiger partial charge in [0.05, 0.1) is 30.4 Å². The summed E-state index contributed by atoms with van der Waals surface area (Å²) in [5, 5.41) is 28.7. The van der Waals surface area contributed by atoms with Gasteiger partial charge in [-0.05, 0) is 88.3 Å². The zero-order valence-electron chi connectivity index (χ0n) is 33.6. The maximum absolute atomic E-state index is 14.9. The van der Waals surface area contributed by atoms with E-state index in [4.69, 9.17) is 0 Å². The van der Waals surface area contributed by atoms with Crippen molar-refractivity contribution in [1.29, 1.82) is 0 Å². The number of aryl methyl sites for hydroxylation is 1. The maximum Gasteiger partial charge on any atom is 0.408 e. The van der Waals surface area contributed by atoms with E-state index < -0.39 is 23.9 Å². The molecular formula is C40H52FN11O7S. The topological polar surface area (TPSA) is 233 Å². The number of nitrogens with zero attached hydrogens (tertiary/aromatic N) is 6. The molecule has 6 N–H and O–H groups in total. The number of carbonyl (C=O) groups excluding carboxylic acids is 5. The molecule has 2 saturated carbocycles.